The van der Waals surface area contributed by atoms with Crippen LogP contribution in [0.4, 0.5) is 0 Å². The van der Waals surface area contributed by atoms with Gasteiger partial charge in [0.2, 0.25) is 0 Å². The van der Waals surface area contributed by atoms with Crippen LogP contribution < -0.4 is 0 Å². The molecule has 1 N–H and O–H groups in total. The maximum Gasteiger partial charge on any atom is 0.309 e. The van der Waals surface area contributed by atoms with Crippen LogP contribution in [0.15, 0.2) is 11.6 Å². The number of hydrogen-bond acceptors (Lipinski definition) is 4. The van der Waals surface area contributed by atoms with Crippen LogP contribution in [-0.4, -0.2) is 22.8 Å². The van der Waals surface area contributed by atoms with Crippen molar-refractivity contribution in [1.82, 2.24) is 0 Å². The number of carbonyl (C=O) groups excluding carboxylic acids is 1. The van der Waals surface area contributed by atoms with Crippen LogP contribution in [0, 0.1) is 11.3 Å². The monoisotopic (exact) mass is 179 g/mol. The van der Waals surface area contributed by atoms with Crippen LogP contribution in [0.3, 0.4) is 0 Å². The lowest BCUT2D eigenvalue weighted by atomic mass is 9.97. The van der Waals surface area contributed by atoms with Crippen LogP contribution in [0.5, 0.6) is 0 Å². The zero-order chi connectivity index (χ0) is 9.47. The summed E-state index contributed by atoms with van der Waals surface area (Å²) in [5, 5.41) is 18.2. The number of rotatable bonds is 0. The molecule has 0 radical (unpaired) electrons. The second-order valence-electron chi connectivity index (χ2n) is 3.43. The largest absolute Gasteiger partial charge is 0.452 e. The Morgan fingerprint density at radius 3 is 3.00 bits per heavy atom. The van der Waals surface area contributed by atoms with Crippen molar-refractivity contribution in [3.63, 3.8) is 0 Å². The molecule has 0 amide bonds. The highest BCUT2D eigenvalue weighted by Crippen LogP contribution is 2.39. The van der Waals surface area contributed by atoms with Gasteiger partial charge in [0.05, 0.1) is 12.5 Å². The Morgan fingerprint density at radius 2 is 2.54 bits per heavy atom. The van der Waals surface area contributed by atoms with E-state index < -0.39 is 11.7 Å². The number of hydrogen-bond donors (Lipinski definition) is 1. The molecule has 2 atom stereocenters. The van der Waals surface area contributed by atoms with Gasteiger partial charge in [0.1, 0.15) is 6.10 Å². The van der Waals surface area contributed by atoms with Gasteiger partial charge in [-0.1, -0.05) is 0 Å². The maximum absolute atomic E-state index is 10.9. The Bertz CT molecular complexity index is 328. The van der Waals surface area contributed by atoms with E-state index in [4.69, 9.17) is 10.00 Å². The molecule has 0 saturated carbocycles. The Morgan fingerprint density at radius 1 is 1.77 bits per heavy atom. The number of ether oxygens (including phenoxy) is 1. The van der Waals surface area contributed by atoms with Gasteiger partial charge in [0.25, 0.3) is 0 Å². The normalized spacial score (nSPS) is 37.4. The summed E-state index contributed by atoms with van der Waals surface area (Å²) in [5.41, 5.74) is -0.295. The van der Waals surface area contributed by atoms with Crippen LogP contribution in [0.2, 0.25) is 0 Å². The zero-order valence-electron chi connectivity index (χ0n) is 6.99. The summed E-state index contributed by atoms with van der Waals surface area (Å²) in [6.45, 7) is 0. The second kappa shape index (κ2) is 2.57. The number of nitrogens with zero attached hydrogens (tertiary/aromatic N) is 1. The third-order valence-electron chi connectivity index (χ3n) is 2.58. The first-order chi connectivity index (χ1) is 6.16. The number of aliphatic hydroxyl groups excluding tert-OH is 1. The molecule has 4 heteroatoms. The summed E-state index contributed by atoms with van der Waals surface area (Å²) < 4.78 is 5.04. The lowest BCUT2D eigenvalue weighted by molar-refractivity contribution is -0.146. The van der Waals surface area contributed by atoms with E-state index in [2.05, 4.69) is 0 Å². The number of carbonyl (C=O) groups is 1. The van der Waals surface area contributed by atoms with Gasteiger partial charge in [0.15, 0.2) is 5.60 Å². The fraction of sp³-hybridized carbons (Fsp3) is 0.556. The molecule has 0 aromatic heterocycles. The van der Waals surface area contributed by atoms with E-state index in [1.54, 1.807) is 6.08 Å². The van der Waals surface area contributed by atoms with Crippen molar-refractivity contribution in [1.29, 1.82) is 5.26 Å². The molecule has 1 heterocycles. The lowest BCUT2D eigenvalue weighted by Gasteiger charge is -2.22. The zero-order valence-corrected chi connectivity index (χ0v) is 6.99. The first-order valence-electron chi connectivity index (χ1n) is 4.18. The van der Waals surface area contributed by atoms with Gasteiger partial charge in [-0.15, -0.1) is 0 Å². The molecule has 0 aromatic rings. The molecule has 1 saturated heterocycles. The molecule has 2 rings (SSSR count). The van der Waals surface area contributed by atoms with Gasteiger partial charge in [-0.2, -0.15) is 5.26 Å². The number of aliphatic hydroxyl groups is 1. The molecule has 68 valence electrons. The highest BCUT2D eigenvalue weighted by atomic mass is 16.6. The lowest BCUT2D eigenvalue weighted by Crippen LogP contribution is -2.34. The molecular formula is C9H9NO3. The molecule has 4 nitrogen and oxygen atoms in total. The van der Waals surface area contributed by atoms with E-state index in [-0.39, 0.29) is 12.4 Å². The molecule has 1 spiro atoms. The Labute approximate surface area is 75.4 Å². The minimum Gasteiger partial charge on any atom is -0.452 e. The van der Waals surface area contributed by atoms with E-state index in [1.807, 2.05) is 6.07 Å². The number of esters is 1. The van der Waals surface area contributed by atoms with Crippen LogP contribution in [0.25, 0.3) is 0 Å². The summed E-state index contributed by atoms with van der Waals surface area (Å²) in [6.07, 6.45) is 1.95. The van der Waals surface area contributed by atoms with Crippen molar-refractivity contribution < 1.29 is 14.6 Å². The second-order valence-corrected chi connectivity index (χ2v) is 3.43. The standard InChI is InChI=1S/C9H9NO3/c10-5-6-1-2-9(4-6)7(11)3-8(12)13-9/h4,7,11H,1-3H2. The van der Waals surface area contributed by atoms with Crippen LogP contribution in [0.1, 0.15) is 19.3 Å². The van der Waals surface area contributed by atoms with Crippen molar-refractivity contribution in [3.05, 3.63) is 11.6 Å². The molecule has 1 aliphatic carbocycles. The summed E-state index contributed by atoms with van der Waals surface area (Å²) in [7, 11) is 0. The fourth-order valence-electron chi connectivity index (χ4n) is 1.85. The minimum atomic E-state index is -0.887. The first-order valence-corrected chi connectivity index (χ1v) is 4.18. The van der Waals surface area contributed by atoms with E-state index in [9.17, 15) is 9.90 Å². The predicted molar refractivity (Wildman–Crippen MR) is 42.4 cm³/mol. The molecule has 2 aliphatic rings. The van der Waals surface area contributed by atoms with Crippen LogP contribution in [-0.2, 0) is 9.53 Å². The van der Waals surface area contributed by atoms with Gasteiger partial charge in [-0.05, 0) is 18.9 Å². The topological polar surface area (TPSA) is 70.3 Å². The Balaban J connectivity index is 2.29. The van der Waals surface area contributed by atoms with E-state index >= 15 is 0 Å². The summed E-state index contributed by atoms with van der Waals surface area (Å²) in [4.78, 5) is 10.9. The average molecular weight is 179 g/mol. The molecule has 0 bridgehead atoms. The molecule has 0 aromatic carbocycles. The highest BCUT2D eigenvalue weighted by Gasteiger charge is 2.49. The number of nitriles is 1. The van der Waals surface area contributed by atoms with E-state index in [0.717, 1.165) is 0 Å². The summed E-state index contributed by atoms with van der Waals surface area (Å²) in [5.74, 6) is -0.386. The Hall–Kier alpha value is -1.34. The SMILES string of the molecule is N#CC1=CC2(CC1)OC(=O)CC2O. The first kappa shape index (κ1) is 8.27. The molecule has 1 fully saturated rings. The average Bonchev–Trinajstić information content (AvgIpc) is 2.59. The van der Waals surface area contributed by atoms with Crippen molar-refractivity contribution >= 4 is 5.97 Å². The van der Waals surface area contributed by atoms with Gasteiger partial charge in [-0.25, -0.2) is 0 Å². The van der Waals surface area contributed by atoms with Crippen LogP contribution >= 0.6 is 0 Å². The van der Waals surface area contributed by atoms with Crippen molar-refractivity contribution in [2.45, 2.75) is 31.0 Å². The van der Waals surface area contributed by atoms with E-state index in [1.165, 1.54) is 0 Å². The highest BCUT2D eigenvalue weighted by molar-refractivity contribution is 5.74. The third-order valence-corrected chi connectivity index (χ3v) is 2.58. The summed E-state index contributed by atoms with van der Waals surface area (Å²) >= 11 is 0. The molecule has 1 aliphatic heterocycles. The van der Waals surface area contributed by atoms with Crippen molar-refractivity contribution in [3.8, 4) is 6.07 Å². The van der Waals surface area contributed by atoms with Gasteiger partial charge in [0, 0.05) is 5.57 Å². The quantitative estimate of drug-likeness (QED) is 0.542. The van der Waals surface area contributed by atoms with E-state index in [0.29, 0.717) is 18.4 Å². The maximum atomic E-state index is 10.9. The van der Waals surface area contributed by atoms with Gasteiger partial charge >= 0.3 is 5.97 Å². The summed E-state index contributed by atoms with van der Waals surface area (Å²) in [6, 6.07) is 2.01. The van der Waals surface area contributed by atoms with Crippen molar-refractivity contribution in [2.24, 2.45) is 0 Å². The number of allylic oxidation sites excluding steroid dienone is 1. The Kier molecular flexibility index (Phi) is 1.64. The smallest absolute Gasteiger partial charge is 0.309 e. The van der Waals surface area contributed by atoms with Crippen molar-refractivity contribution in [2.75, 3.05) is 0 Å². The van der Waals surface area contributed by atoms with Gasteiger partial charge < -0.3 is 9.84 Å². The minimum absolute atomic E-state index is 0.0369. The fourth-order valence-corrected chi connectivity index (χ4v) is 1.85. The molecule has 13 heavy (non-hydrogen) atoms. The molecule has 2 unspecified atom stereocenters. The third kappa shape index (κ3) is 1.12. The molecular weight excluding hydrogens is 170 g/mol. The predicted octanol–water partition coefficient (Wildman–Crippen LogP) is 0.277. The van der Waals surface area contributed by atoms with Gasteiger partial charge in [-0.3, -0.25) is 4.79 Å².